The fraction of sp³-hybridized carbons (Fsp3) is 0.684. The molecule has 5 heteroatoms. The Balaban J connectivity index is 0.00000288. The van der Waals surface area contributed by atoms with Gasteiger partial charge in [-0.15, -0.1) is 12.4 Å². The second-order valence-corrected chi connectivity index (χ2v) is 7.86. The number of piperidine rings is 1. The normalized spacial score (nSPS) is 18.4. The van der Waals surface area contributed by atoms with E-state index in [0.29, 0.717) is 0 Å². The molecule has 1 aliphatic rings. The predicted molar refractivity (Wildman–Crippen MR) is 104 cm³/mol. The molecule has 0 bridgehead atoms. The summed E-state index contributed by atoms with van der Waals surface area (Å²) in [5, 5.41) is 10.3. The van der Waals surface area contributed by atoms with E-state index >= 15 is 0 Å². The summed E-state index contributed by atoms with van der Waals surface area (Å²) in [7, 11) is 2.17. The van der Waals surface area contributed by atoms with Crippen molar-refractivity contribution in [2.45, 2.75) is 38.3 Å². The monoisotopic (exact) mass is 355 g/mol. The van der Waals surface area contributed by atoms with Crippen LogP contribution in [0.2, 0.25) is 0 Å². The molecule has 3 N–H and O–H groups in total. The Morgan fingerprint density at radius 3 is 2.38 bits per heavy atom. The van der Waals surface area contributed by atoms with Gasteiger partial charge in [0, 0.05) is 25.2 Å². The number of β-amino-alcohol motifs (C(OH)–C–C–N with tert-alkyl or cyclic N) is 1. The lowest BCUT2D eigenvalue weighted by Crippen LogP contribution is -2.46. The van der Waals surface area contributed by atoms with Crippen LogP contribution in [0.15, 0.2) is 30.3 Å². The number of nitrogens with zero attached hydrogens (tertiary/aromatic N) is 2. The Hall–Kier alpha value is -0.650. The second kappa shape index (κ2) is 9.73. The molecule has 1 aliphatic heterocycles. The molecule has 1 saturated heterocycles. The summed E-state index contributed by atoms with van der Waals surface area (Å²) >= 11 is 0. The minimum Gasteiger partial charge on any atom is -0.387 e. The van der Waals surface area contributed by atoms with E-state index in [1.54, 1.807) is 0 Å². The number of hydrogen-bond acceptors (Lipinski definition) is 4. The van der Waals surface area contributed by atoms with Crippen LogP contribution in [0.25, 0.3) is 0 Å². The first kappa shape index (κ1) is 21.4. The zero-order chi connectivity index (χ0) is 16.9. The number of halogens is 1. The van der Waals surface area contributed by atoms with Gasteiger partial charge in [-0.25, -0.2) is 0 Å². The third kappa shape index (κ3) is 7.49. The molecule has 0 spiro atoms. The molecular weight excluding hydrogens is 322 g/mol. The minimum atomic E-state index is -0.381. The van der Waals surface area contributed by atoms with Gasteiger partial charge in [-0.05, 0) is 58.3 Å². The lowest BCUT2D eigenvalue weighted by atomic mass is 9.95. The van der Waals surface area contributed by atoms with E-state index in [2.05, 4.69) is 30.7 Å². The zero-order valence-electron chi connectivity index (χ0n) is 15.3. The Bertz CT molecular complexity index is 455. The van der Waals surface area contributed by atoms with Crippen molar-refractivity contribution in [2.24, 2.45) is 11.7 Å². The van der Waals surface area contributed by atoms with Crippen LogP contribution in [-0.4, -0.2) is 60.2 Å². The fourth-order valence-electron chi connectivity index (χ4n) is 3.58. The van der Waals surface area contributed by atoms with Gasteiger partial charge in [0.1, 0.15) is 0 Å². The molecule has 24 heavy (non-hydrogen) atoms. The van der Waals surface area contributed by atoms with Gasteiger partial charge < -0.3 is 20.6 Å². The van der Waals surface area contributed by atoms with E-state index in [9.17, 15) is 5.11 Å². The van der Waals surface area contributed by atoms with Crippen LogP contribution >= 0.6 is 12.4 Å². The third-order valence-electron chi connectivity index (χ3n) is 4.57. The van der Waals surface area contributed by atoms with E-state index in [-0.39, 0.29) is 24.0 Å². The summed E-state index contributed by atoms with van der Waals surface area (Å²) in [4.78, 5) is 4.75. The lowest BCUT2D eigenvalue weighted by Gasteiger charge is -2.36. The van der Waals surface area contributed by atoms with Gasteiger partial charge in [-0.1, -0.05) is 30.3 Å². The van der Waals surface area contributed by atoms with Crippen LogP contribution in [0.3, 0.4) is 0 Å². The molecule has 138 valence electrons. The standard InChI is InChI=1S/C19H33N3O.ClH/c1-19(2,20)15-21(3)13-16-9-11-22(12-10-16)14-18(23)17-7-5-4-6-8-17;/h4-8,16,18,23H,9-15,20H2,1-3H3;1H. The molecule has 1 unspecified atom stereocenters. The molecule has 2 rings (SSSR count). The molecule has 1 fully saturated rings. The maximum Gasteiger partial charge on any atom is 0.0916 e. The number of benzene rings is 1. The van der Waals surface area contributed by atoms with Gasteiger partial charge in [0.25, 0.3) is 0 Å². The zero-order valence-corrected chi connectivity index (χ0v) is 16.1. The summed E-state index contributed by atoms with van der Waals surface area (Å²) < 4.78 is 0. The largest absolute Gasteiger partial charge is 0.387 e. The van der Waals surface area contributed by atoms with Crippen molar-refractivity contribution in [3.05, 3.63) is 35.9 Å². The van der Waals surface area contributed by atoms with E-state index in [0.717, 1.165) is 44.2 Å². The molecule has 1 heterocycles. The topological polar surface area (TPSA) is 52.7 Å². The van der Waals surface area contributed by atoms with E-state index in [4.69, 9.17) is 5.73 Å². The molecule has 1 aromatic carbocycles. The van der Waals surface area contributed by atoms with Gasteiger partial charge in [0.15, 0.2) is 0 Å². The number of nitrogens with two attached hydrogens (primary N) is 1. The van der Waals surface area contributed by atoms with Crippen molar-refractivity contribution in [3.8, 4) is 0 Å². The molecule has 1 aromatic rings. The quantitative estimate of drug-likeness (QED) is 0.789. The second-order valence-electron chi connectivity index (χ2n) is 7.86. The van der Waals surface area contributed by atoms with Crippen molar-refractivity contribution in [2.75, 3.05) is 39.8 Å². The molecular formula is C19H34ClN3O. The summed E-state index contributed by atoms with van der Waals surface area (Å²) in [5.41, 5.74) is 6.98. The van der Waals surface area contributed by atoms with Crippen molar-refractivity contribution in [1.82, 2.24) is 9.80 Å². The van der Waals surface area contributed by atoms with Crippen LogP contribution in [0.1, 0.15) is 38.4 Å². The smallest absolute Gasteiger partial charge is 0.0916 e. The van der Waals surface area contributed by atoms with Crippen LogP contribution in [-0.2, 0) is 0 Å². The van der Waals surface area contributed by atoms with E-state index in [1.807, 2.05) is 30.3 Å². The number of aliphatic hydroxyl groups excluding tert-OH is 1. The molecule has 0 amide bonds. The molecule has 4 nitrogen and oxygen atoms in total. The molecule has 0 radical (unpaired) electrons. The summed E-state index contributed by atoms with van der Waals surface area (Å²) in [6, 6.07) is 9.96. The number of aliphatic hydroxyl groups is 1. The van der Waals surface area contributed by atoms with Crippen molar-refractivity contribution >= 4 is 12.4 Å². The van der Waals surface area contributed by atoms with Crippen molar-refractivity contribution in [1.29, 1.82) is 0 Å². The Morgan fingerprint density at radius 1 is 1.25 bits per heavy atom. The van der Waals surface area contributed by atoms with Crippen LogP contribution < -0.4 is 5.73 Å². The maximum absolute atomic E-state index is 10.3. The summed E-state index contributed by atoms with van der Waals surface area (Å²) in [6.07, 6.45) is 2.03. The van der Waals surface area contributed by atoms with Crippen molar-refractivity contribution < 1.29 is 5.11 Å². The molecule has 0 aliphatic carbocycles. The third-order valence-corrected chi connectivity index (χ3v) is 4.57. The summed E-state index contributed by atoms with van der Waals surface area (Å²) in [6.45, 7) is 9.11. The van der Waals surface area contributed by atoms with Gasteiger partial charge in [0.05, 0.1) is 6.10 Å². The Morgan fingerprint density at radius 2 is 1.83 bits per heavy atom. The fourth-order valence-corrected chi connectivity index (χ4v) is 3.58. The highest BCUT2D eigenvalue weighted by Gasteiger charge is 2.23. The average Bonchev–Trinajstić information content (AvgIpc) is 2.48. The van der Waals surface area contributed by atoms with Crippen LogP contribution in [0.5, 0.6) is 0 Å². The van der Waals surface area contributed by atoms with Crippen molar-refractivity contribution in [3.63, 3.8) is 0 Å². The minimum absolute atomic E-state index is 0. The average molecular weight is 356 g/mol. The first-order valence-corrected chi connectivity index (χ1v) is 8.76. The number of likely N-dealkylation sites (tertiary alicyclic amines) is 1. The highest BCUT2D eigenvalue weighted by atomic mass is 35.5. The maximum atomic E-state index is 10.3. The van der Waals surface area contributed by atoms with E-state index in [1.165, 1.54) is 12.8 Å². The van der Waals surface area contributed by atoms with Gasteiger partial charge >= 0.3 is 0 Å². The van der Waals surface area contributed by atoms with Crippen LogP contribution in [0, 0.1) is 5.92 Å². The first-order chi connectivity index (χ1) is 10.8. The van der Waals surface area contributed by atoms with Crippen LogP contribution in [0.4, 0.5) is 0 Å². The Kier molecular flexibility index (Phi) is 8.68. The summed E-state index contributed by atoms with van der Waals surface area (Å²) in [5.74, 6) is 0.743. The van der Waals surface area contributed by atoms with Gasteiger partial charge in [-0.3, -0.25) is 0 Å². The van der Waals surface area contributed by atoms with Gasteiger partial charge in [0.2, 0.25) is 0 Å². The first-order valence-electron chi connectivity index (χ1n) is 8.76. The molecule has 0 saturated carbocycles. The van der Waals surface area contributed by atoms with E-state index < -0.39 is 0 Å². The SMILES string of the molecule is CN(CC1CCN(CC(O)c2ccccc2)CC1)CC(C)(C)N.Cl. The number of likely N-dealkylation sites (N-methyl/N-ethyl adjacent to an activating group) is 1. The highest BCUT2D eigenvalue weighted by molar-refractivity contribution is 5.85. The number of rotatable bonds is 7. The number of hydrogen-bond donors (Lipinski definition) is 2. The Labute approximate surface area is 153 Å². The van der Waals surface area contributed by atoms with Gasteiger partial charge in [-0.2, -0.15) is 0 Å². The predicted octanol–water partition coefficient (Wildman–Crippen LogP) is 2.52. The molecule has 1 atom stereocenters. The lowest BCUT2D eigenvalue weighted by molar-refractivity contribution is 0.0816. The highest BCUT2D eigenvalue weighted by Crippen LogP contribution is 2.21. The molecule has 0 aromatic heterocycles.